The predicted octanol–water partition coefficient (Wildman–Crippen LogP) is 1.87. The summed E-state index contributed by atoms with van der Waals surface area (Å²) >= 11 is 0. The molecule has 2 rings (SSSR count). The van der Waals surface area contributed by atoms with E-state index in [9.17, 15) is 8.42 Å². The van der Waals surface area contributed by atoms with Gasteiger partial charge in [-0.1, -0.05) is 31.0 Å². The van der Waals surface area contributed by atoms with E-state index in [4.69, 9.17) is 0 Å². The maximum absolute atomic E-state index is 12.5. The van der Waals surface area contributed by atoms with Gasteiger partial charge < -0.3 is 15.5 Å². The highest BCUT2D eigenvalue weighted by atomic mass is 32.2. The number of likely N-dealkylation sites (tertiary alicyclic amines) is 1. The van der Waals surface area contributed by atoms with Crippen molar-refractivity contribution < 1.29 is 8.42 Å². The molecule has 1 aromatic carbocycles. The van der Waals surface area contributed by atoms with Gasteiger partial charge in [0, 0.05) is 34.2 Å². The quantitative estimate of drug-likeness (QED) is 0.389. The summed E-state index contributed by atoms with van der Waals surface area (Å²) in [5.41, 5.74) is 0.726. The summed E-state index contributed by atoms with van der Waals surface area (Å²) in [7, 11) is 1.35. The summed E-state index contributed by atoms with van der Waals surface area (Å²) in [4.78, 5) is 7.12. The van der Waals surface area contributed by atoms with Gasteiger partial charge in [0.25, 0.3) is 0 Å². The number of nitrogens with zero attached hydrogens (tertiary/aromatic N) is 3. The van der Waals surface area contributed by atoms with Crippen LogP contribution in [0, 0.1) is 0 Å². The Balaban J connectivity index is 1.83. The van der Waals surface area contributed by atoms with Gasteiger partial charge in [0.15, 0.2) is 5.96 Å². The Morgan fingerprint density at radius 2 is 1.79 bits per heavy atom. The highest BCUT2D eigenvalue weighted by molar-refractivity contribution is 7.89. The summed E-state index contributed by atoms with van der Waals surface area (Å²) in [5, 5.41) is 6.56. The maximum atomic E-state index is 12.5. The SMILES string of the molecule is CN=C(NCCCN1CCCCCC1)NCc1ccccc1S(=O)(=O)N(C)C. The number of guanidine groups is 1. The third kappa shape index (κ3) is 6.76. The second-order valence-corrected chi connectivity index (χ2v) is 9.48. The Labute approximate surface area is 170 Å². The second kappa shape index (κ2) is 11.4. The van der Waals surface area contributed by atoms with E-state index in [1.165, 1.54) is 43.1 Å². The van der Waals surface area contributed by atoms with Gasteiger partial charge in [-0.05, 0) is 50.5 Å². The molecule has 0 amide bonds. The van der Waals surface area contributed by atoms with Crippen LogP contribution < -0.4 is 10.6 Å². The van der Waals surface area contributed by atoms with E-state index in [2.05, 4.69) is 20.5 Å². The molecule has 28 heavy (non-hydrogen) atoms. The Morgan fingerprint density at radius 3 is 2.43 bits per heavy atom. The van der Waals surface area contributed by atoms with Crippen LogP contribution in [0.5, 0.6) is 0 Å². The topological polar surface area (TPSA) is 77.0 Å². The minimum absolute atomic E-state index is 0.323. The minimum Gasteiger partial charge on any atom is -0.356 e. The molecule has 0 spiro atoms. The monoisotopic (exact) mass is 409 g/mol. The van der Waals surface area contributed by atoms with E-state index in [1.54, 1.807) is 33.3 Å². The lowest BCUT2D eigenvalue weighted by molar-refractivity contribution is 0.282. The van der Waals surface area contributed by atoms with Gasteiger partial charge in [0.05, 0.1) is 4.90 Å². The smallest absolute Gasteiger partial charge is 0.242 e. The molecule has 1 fully saturated rings. The number of nitrogens with one attached hydrogen (secondary N) is 2. The van der Waals surface area contributed by atoms with Crippen molar-refractivity contribution in [3.8, 4) is 0 Å². The van der Waals surface area contributed by atoms with Crippen molar-refractivity contribution in [3.63, 3.8) is 0 Å². The molecule has 0 radical (unpaired) electrons. The summed E-state index contributed by atoms with van der Waals surface area (Å²) < 4.78 is 26.2. The first-order valence-corrected chi connectivity index (χ1v) is 11.6. The third-order valence-electron chi connectivity index (χ3n) is 5.04. The average molecular weight is 410 g/mol. The van der Waals surface area contributed by atoms with Crippen LogP contribution in [0.15, 0.2) is 34.2 Å². The molecule has 158 valence electrons. The molecule has 1 aromatic rings. The standard InChI is InChI=1S/C20H35N5O2S/c1-21-20(22-13-10-16-25-14-8-4-5-9-15-25)23-17-18-11-6-7-12-19(18)28(26,27)24(2)3/h6-7,11-12H,4-5,8-10,13-17H2,1-3H3,(H2,21,22,23). The second-order valence-electron chi connectivity index (χ2n) is 7.36. The number of sulfonamides is 1. The van der Waals surface area contributed by atoms with Crippen molar-refractivity contribution in [1.29, 1.82) is 0 Å². The molecule has 0 unspecified atom stereocenters. The lowest BCUT2D eigenvalue weighted by Gasteiger charge is -2.20. The van der Waals surface area contributed by atoms with Crippen LogP contribution in [0.3, 0.4) is 0 Å². The molecular formula is C20H35N5O2S. The zero-order chi connectivity index (χ0) is 20.4. The molecule has 1 saturated heterocycles. The molecule has 8 heteroatoms. The van der Waals surface area contributed by atoms with Crippen LogP contribution in [0.25, 0.3) is 0 Å². The molecule has 0 aromatic heterocycles. The molecule has 1 aliphatic heterocycles. The first kappa shape index (κ1) is 22.6. The lowest BCUT2D eigenvalue weighted by atomic mass is 10.2. The normalized spacial score (nSPS) is 16.8. The molecule has 0 aliphatic carbocycles. The van der Waals surface area contributed by atoms with Crippen molar-refractivity contribution in [1.82, 2.24) is 19.8 Å². The summed E-state index contributed by atoms with van der Waals surface area (Å²) in [6.07, 6.45) is 6.40. The fourth-order valence-corrected chi connectivity index (χ4v) is 4.48. The predicted molar refractivity (Wildman–Crippen MR) is 115 cm³/mol. The zero-order valence-electron chi connectivity index (χ0n) is 17.4. The van der Waals surface area contributed by atoms with Crippen LogP contribution in [-0.4, -0.2) is 70.9 Å². The Kier molecular flexibility index (Phi) is 9.21. The number of benzene rings is 1. The fourth-order valence-electron chi connectivity index (χ4n) is 3.37. The molecule has 2 N–H and O–H groups in total. The van der Waals surface area contributed by atoms with Gasteiger partial charge in [0.1, 0.15) is 0 Å². The Bertz CT molecular complexity index is 726. The summed E-state index contributed by atoms with van der Waals surface area (Å²) in [6, 6.07) is 7.07. The van der Waals surface area contributed by atoms with Crippen LogP contribution in [0.4, 0.5) is 0 Å². The molecule has 7 nitrogen and oxygen atoms in total. The first-order chi connectivity index (χ1) is 13.4. The van der Waals surface area contributed by atoms with Crippen molar-refractivity contribution in [2.75, 3.05) is 47.3 Å². The highest BCUT2D eigenvalue weighted by Gasteiger charge is 2.20. The van der Waals surface area contributed by atoms with E-state index in [1.807, 2.05) is 12.1 Å². The van der Waals surface area contributed by atoms with Gasteiger partial charge in [-0.15, -0.1) is 0 Å². The molecular weight excluding hydrogens is 374 g/mol. The lowest BCUT2D eigenvalue weighted by Crippen LogP contribution is -2.38. The highest BCUT2D eigenvalue weighted by Crippen LogP contribution is 2.18. The zero-order valence-corrected chi connectivity index (χ0v) is 18.3. The van der Waals surface area contributed by atoms with Crippen molar-refractivity contribution in [3.05, 3.63) is 29.8 Å². The number of hydrogen-bond donors (Lipinski definition) is 2. The third-order valence-corrected chi connectivity index (χ3v) is 6.96. The van der Waals surface area contributed by atoms with E-state index >= 15 is 0 Å². The van der Waals surface area contributed by atoms with Crippen LogP contribution in [0.1, 0.15) is 37.7 Å². The van der Waals surface area contributed by atoms with Gasteiger partial charge in [-0.2, -0.15) is 0 Å². The van der Waals surface area contributed by atoms with E-state index in [0.717, 1.165) is 25.1 Å². The largest absolute Gasteiger partial charge is 0.356 e. The van der Waals surface area contributed by atoms with Crippen molar-refractivity contribution >= 4 is 16.0 Å². The van der Waals surface area contributed by atoms with Crippen LogP contribution in [-0.2, 0) is 16.6 Å². The molecule has 0 bridgehead atoms. The average Bonchev–Trinajstić information content (AvgIpc) is 2.96. The first-order valence-electron chi connectivity index (χ1n) is 10.1. The van der Waals surface area contributed by atoms with Gasteiger partial charge >= 0.3 is 0 Å². The van der Waals surface area contributed by atoms with E-state index in [-0.39, 0.29) is 0 Å². The van der Waals surface area contributed by atoms with E-state index < -0.39 is 10.0 Å². The van der Waals surface area contributed by atoms with Gasteiger partial charge in [-0.3, -0.25) is 4.99 Å². The maximum Gasteiger partial charge on any atom is 0.242 e. The van der Waals surface area contributed by atoms with E-state index in [0.29, 0.717) is 17.4 Å². The fraction of sp³-hybridized carbons (Fsp3) is 0.650. The van der Waals surface area contributed by atoms with Crippen LogP contribution >= 0.6 is 0 Å². The molecule has 0 saturated carbocycles. The van der Waals surface area contributed by atoms with Crippen molar-refractivity contribution in [2.45, 2.75) is 43.5 Å². The summed E-state index contributed by atoms with van der Waals surface area (Å²) in [6.45, 7) is 4.77. The van der Waals surface area contributed by atoms with Gasteiger partial charge in [0.2, 0.25) is 10.0 Å². The number of aliphatic imine (C=N–C) groups is 1. The molecule has 1 heterocycles. The Hall–Kier alpha value is -1.64. The van der Waals surface area contributed by atoms with Crippen molar-refractivity contribution in [2.24, 2.45) is 4.99 Å². The Morgan fingerprint density at radius 1 is 1.11 bits per heavy atom. The van der Waals surface area contributed by atoms with Gasteiger partial charge in [-0.25, -0.2) is 12.7 Å². The number of rotatable bonds is 8. The van der Waals surface area contributed by atoms with Crippen LogP contribution in [0.2, 0.25) is 0 Å². The molecule has 1 aliphatic rings. The molecule has 0 atom stereocenters. The summed E-state index contributed by atoms with van der Waals surface area (Å²) in [5.74, 6) is 0.688. The number of hydrogen-bond acceptors (Lipinski definition) is 4. The minimum atomic E-state index is -3.47.